The molecule has 1 amide bonds. The molecule has 0 fully saturated rings. The van der Waals surface area contributed by atoms with Crippen LogP contribution in [0.25, 0.3) is 0 Å². The van der Waals surface area contributed by atoms with Crippen molar-refractivity contribution in [3.8, 4) is 0 Å². The third-order valence-corrected chi connectivity index (χ3v) is 3.31. The molecular weight excluding hydrogens is 336 g/mol. The number of amides is 1. The minimum atomic E-state index is -0.560. The van der Waals surface area contributed by atoms with Crippen molar-refractivity contribution in [2.75, 3.05) is 11.9 Å². The van der Waals surface area contributed by atoms with E-state index in [0.29, 0.717) is 11.3 Å². The highest BCUT2D eigenvalue weighted by Gasteiger charge is 2.11. The molecule has 1 aromatic carbocycles. The Kier molecular flexibility index (Phi) is 5.05. The van der Waals surface area contributed by atoms with E-state index in [9.17, 15) is 9.59 Å². The molecular formula is C15H13BrN2O3. The van der Waals surface area contributed by atoms with Crippen molar-refractivity contribution in [2.24, 2.45) is 0 Å². The second-order valence-electron chi connectivity index (χ2n) is 4.34. The zero-order valence-electron chi connectivity index (χ0n) is 11.3. The number of aromatic nitrogens is 1. The zero-order valence-corrected chi connectivity index (χ0v) is 12.9. The van der Waals surface area contributed by atoms with Gasteiger partial charge in [0.15, 0.2) is 6.61 Å². The Balaban J connectivity index is 1.89. The molecule has 0 aliphatic heterocycles. The molecule has 0 saturated carbocycles. The first-order valence-corrected chi connectivity index (χ1v) is 6.99. The van der Waals surface area contributed by atoms with Crippen LogP contribution in [0.2, 0.25) is 0 Å². The molecule has 21 heavy (non-hydrogen) atoms. The highest BCUT2D eigenvalue weighted by Crippen LogP contribution is 2.23. The third kappa shape index (κ3) is 4.39. The smallest absolute Gasteiger partial charge is 0.338 e. The van der Waals surface area contributed by atoms with E-state index in [2.05, 4.69) is 26.2 Å². The normalized spacial score (nSPS) is 10.0. The van der Waals surface area contributed by atoms with Crippen LogP contribution >= 0.6 is 15.9 Å². The lowest BCUT2D eigenvalue weighted by Gasteiger charge is -2.08. The Hall–Kier alpha value is -2.21. The zero-order chi connectivity index (χ0) is 15.2. The van der Waals surface area contributed by atoms with E-state index in [0.717, 1.165) is 10.0 Å². The van der Waals surface area contributed by atoms with Crippen molar-refractivity contribution in [1.29, 1.82) is 0 Å². The van der Waals surface area contributed by atoms with Gasteiger partial charge in [-0.25, -0.2) is 4.79 Å². The van der Waals surface area contributed by atoms with Crippen molar-refractivity contribution < 1.29 is 14.3 Å². The Morgan fingerprint density at radius 3 is 2.62 bits per heavy atom. The Labute approximate surface area is 130 Å². The van der Waals surface area contributed by atoms with Crippen LogP contribution in [0.4, 0.5) is 5.69 Å². The van der Waals surface area contributed by atoms with Crippen LogP contribution in [0.1, 0.15) is 15.9 Å². The molecule has 0 aliphatic carbocycles. The molecule has 108 valence electrons. The summed E-state index contributed by atoms with van der Waals surface area (Å²) < 4.78 is 5.71. The van der Waals surface area contributed by atoms with E-state index < -0.39 is 11.9 Å². The van der Waals surface area contributed by atoms with Gasteiger partial charge in [-0.3, -0.25) is 9.78 Å². The number of anilines is 1. The maximum absolute atomic E-state index is 11.8. The molecule has 0 bridgehead atoms. The van der Waals surface area contributed by atoms with Crippen LogP contribution in [-0.2, 0) is 9.53 Å². The predicted octanol–water partition coefficient (Wildman–Crippen LogP) is 2.95. The van der Waals surface area contributed by atoms with E-state index in [4.69, 9.17) is 4.74 Å². The molecule has 0 radical (unpaired) electrons. The summed E-state index contributed by atoms with van der Waals surface area (Å²) in [6, 6.07) is 8.59. The number of carbonyl (C=O) groups excluding carboxylic acids is 2. The summed E-state index contributed by atoms with van der Waals surface area (Å²) in [6.07, 6.45) is 2.97. The highest BCUT2D eigenvalue weighted by atomic mass is 79.9. The van der Waals surface area contributed by atoms with E-state index in [1.54, 1.807) is 6.07 Å². The molecule has 2 rings (SSSR count). The lowest BCUT2D eigenvalue weighted by molar-refractivity contribution is -0.119. The number of hydrogen-bond acceptors (Lipinski definition) is 4. The van der Waals surface area contributed by atoms with Gasteiger partial charge in [-0.05, 0) is 52.7 Å². The van der Waals surface area contributed by atoms with Gasteiger partial charge in [0.1, 0.15) is 0 Å². The van der Waals surface area contributed by atoms with Crippen molar-refractivity contribution in [2.45, 2.75) is 6.92 Å². The molecule has 5 nitrogen and oxygen atoms in total. The van der Waals surface area contributed by atoms with Gasteiger partial charge in [0.2, 0.25) is 0 Å². The summed E-state index contributed by atoms with van der Waals surface area (Å²) >= 11 is 3.36. The lowest BCUT2D eigenvalue weighted by atomic mass is 10.2. The van der Waals surface area contributed by atoms with Crippen LogP contribution in [-0.4, -0.2) is 23.5 Å². The first-order valence-electron chi connectivity index (χ1n) is 6.19. The average molecular weight is 349 g/mol. The second-order valence-corrected chi connectivity index (χ2v) is 5.20. The number of aryl methyl sites for hydroxylation is 1. The molecule has 1 N–H and O–H groups in total. The number of ether oxygens (including phenoxy) is 1. The summed E-state index contributed by atoms with van der Waals surface area (Å²) in [5, 5.41) is 2.67. The molecule has 1 heterocycles. The van der Waals surface area contributed by atoms with E-state index in [1.165, 1.54) is 24.5 Å². The van der Waals surface area contributed by atoms with Gasteiger partial charge in [-0.15, -0.1) is 0 Å². The highest BCUT2D eigenvalue weighted by molar-refractivity contribution is 9.10. The molecule has 0 saturated heterocycles. The molecule has 1 aromatic heterocycles. The standard InChI is InChI=1S/C15H13BrN2O3/c1-10-2-3-13(12(16)8-10)18-14(19)9-21-15(20)11-4-6-17-7-5-11/h2-8H,9H2,1H3,(H,18,19). The third-order valence-electron chi connectivity index (χ3n) is 2.65. The van der Waals surface area contributed by atoms with Gasteiger partial charge in [0.25, 0.3) is 5.91 Å². The van der Waals surface area contributed by atoms with E-state index in [1.807, 2.05) is 19.1 Å². The Morgan fingerprint density at radius 1 is 1.24 bits per heavy atom. The van der Waals surface area contributed by atoms with Gasteiger partial charge >= 0.3 is 5.97 Å². The summed E-state index contributed by atoms with van der Waals surface area (Å²) in [4.78, 5) is 27.2. The monoisotopic (exact) mass is 348 g/mol. The minimum Gasteiger partial charge on any atom is -0.452 e. The number of esters is 1. The average Bonchev–Trinajstić information content (AvgIpc) is 2.48. The van der Waals surface area contributed by atoms with Gasteiger partial charge in [-0.1, -0.05) is 6.07 Å². The fourth-order valence-corrected chi connectivity index (χ4v) is 2.20. The lowest BCUT2D eigenvalue weighted by Crippen LogP contribution is -2.21. The van der Waals surface area contributed by atoms with E-state index >= 15 is 0 Å². The predicted molar refractivity (Wildman–Crippen MR) is 82.0 cm³/mol. The van der Waals surface area contributed by atoms with Gasteiger partial charge in [0.05, 0.1) is 11.3 Å². The molecule has 0 spiro atoms. The fourth-order valence-electron chi connectivity index (χ4n) is 1.61. The fraction of sp³-hybridized carbons (Fsp3) is 0.133. The van der Waals surface area contributed by atoms with Crippen molar-refractivity contribution in [3.63, 3.8) is 0 Å². The van der Waals surface area contributed by atoms with Crippen LogP contribution in [0.5, 0.6) is 0 Å². The van der Waals surface area contributed by atoms with Crippen molar-refractivity contribution in [1.82, 2.24) is 4.98 Å². The van der Waals surface area contributed by atoms with Gasteiger partial charge < -0.3 is 10.1 Å². The summed E-state index contributed by atoms with van der Waals surface area (Å²) in [6.45, 7) is 1.61. The molecule has 6 heteroatoms. The Morgan fingerprint density at radius 2 is 1.95 bits per heavy atom. The molecule has 0 aliphatic rings. The number of nitrogens with zero attached hydrogens (tertiary/aromatic N) is 1. The second kappa shape index (κ2) is 6.99. The Bertz CT molecular complexity index is 659. The summed E-state index contributed by atoms with van der Waals surface area (Å²) in [7, 11) is 0. The van der Waals surface area contributed by atoms with Crippen molar-refractivity contribution >= 4 is 33.5 Å². The topological polar surface area (TPSA) is 68.3 Å². The number of pyridine rings is 1. The maximum atomic E-state index is 11.8. The molecule has 0 atom stereocenters. The van der Waals surface area contributed by atoms with E-state index in [-0.39, 0.29) is 6.61 Å². The van der Waals surface area contributed by atoms with Crippen LogP contribution < -0.4 is 5.32 Å². The van der Waals surface area contributed by atoms with Gasteiger partial charge in [-0.2, -0.15) is 0 Å². The molecule has 2 aromatic rings. The number of benzene rings is 1. The SMILES string of the molecule is Cc1ccc(NC(=O)COC(=O)c2ccncc2)c(Br)c1. The van der Waals surface area contributed by atoms with Crippen molar-refractivity contribution in [3.05, 3.63) is 58.3 Å². The minimum absolute atomic E-state index is 0.346. The number of halogens is 1. The van der Waals surface area contributed by atoms with Crippen LogP contribution in [0.3, 0.4) is 0 Å². The maximum Gasteiger partial charge on any atom is 0.338 e. The number of hydrogen-bond donors (Lipinski definition) is 1. The summed E-state index contributed by atoms with van der Waals surface area (Å²) in [5.41, 5.74) is 2.06. The van der Waals surface area contributed by atoms with Crippen LogP contribution in [0, 0.1) is 6.92 Å². The quantitative estimate of drug-likeness (QED) is 0.862. The first kappa shape index (κ1) is 15.2. The summed E-state index contributed by atoms with van der Waals surface area (Å²) in [5.74, 6) is -0.961. The molecule has 0 unspecified atom stereocenters. The number of rotatable bonds is 4. The largest absolute Gasteiger partial charge is 0.452 e. The number of carbonyl (C=O) groups is 2. The van der Waals surface area contributed by atoms with Gasteiger partial charge in [0, 0.05) is 16.9 Å². The van der Waals surface area contributed by atoms with Crippen LogP contribution in [0.15, 0.2) is 47.2 Å². The number of nitrogens with one attached hydrogen (secondary N) is 1. The first-order chi connectivity index (χ1) is 10.1.